The van der Waals surface area contributed by atoms with Crippen LogP contribution in [0.3, 0.4) is 0 Å². The van der Waals surface area contributed by atoms with Gasteiger partial charge in [-0.3, -0.25) is 14.4 Å². The SMILES string of the molecule is CC(=O)Nc1ccc(C2=C(Cl)C(=O)N(c3ccc(C)cc3C)C2=O)cc1. The molecular formula is C20H17ClN2O3. The lowest BCUT2D eigenvalue weighted by Crippen LogP contribution is -2.31. The van der Waals surface area contributed by atoms with Gasteiger partial charge < -0.3 is 5.32 Å². The molecule has 2 aromatic rings. The second-order valence-electron chi connectivity index (χ2n) is 6.18. The molecule has 6 heteroatoms. The number of carbonyl (C=O) groups excluding carboxylic acids is 3. The fourth-order valence-electron chi connectivity index (χ4n) is 2.95. The Morgan fingerprint density at radius 3 is 2.23 bits per heavy atom. The molecule has 0 unspecified atom stereocenters. The maximum Gasteiger partial charge on any atom is 0.277 e. The molecule has 5 nitrogen and oxygen atoms in total. The van der Waals surface area contributed by atoms with Crippen LogP contribution in [0.2, 0.25) is 0 Å². The molecule has 2 aromatic carbocycles. The minimum Gasteiger partial charge on any atom is -0.326 e. The van der Waals surface area contributed by atoms with Crippen molar-refractivity contribution < 1.29 is 14.4 Å². The number of rotatable bonds is 3. The molecule has 0 radical (unpaired) electrons. The van der Waals surface area contributed by atoms with Gasteiger partial charge in [-0.15, -0.1) is 0 Å². The van der Waals surface area contributed by atoms with E-state index in [4.69, 9.17) is 11.6 Å². The van der Waals surface area contributed by atoms with E-state index in [9.17, 15) is 14.4 Å². The molecule has 0 atom stereocenters. The van der Waals surface area contributed by atoms with Crippen molar-refractivity contribution in [2.75, 3.05) is 10.2 Å². The summed E-state index contributed by atoms with van der Waals surface area (Å²) >= 11 is 6.21. The van der Waals surface area contributed by atoms with E-state index in [1.54, 1.807) is 30.3 Å². The van der Waals surface area contributed by atoms with Crippen LogP contribution in [0.15, 0.2) is 47.5 Å². The molecule has 0 bridgehead atoms. The Morgan fingerprint density at radius 2 is 1.65 bits per heavy atom. The van der Waals surface area contributed by atoms with E-state index >= 15 is 0 Å². The van der Waals surface area contributed by atoms with Gasteiger partial charge in [0.15, 0.2) is 0 Å². The molecule has 3 amide bonds. The predicted octanol–water partition coefficient (Wildman–Crippen LogP) is 3.79. The molecule has 0 spiro atoms. The van der Waals surface area contributed by atoms with Gasteiger partial charge in [-0.1, -0.05) is 41.4 Å². The van der Waals surface area contributed by atoms with Crippen molar-refractivity contribution in [3.63, 3.8) is 0 Å². The lowest BCUT2D eigenvalue weighted by molar-refractivity contribution is -0.120. The quantitative estimate of drug-likeness (QED) is 0.838. The third-order valence-corrected chi connectivity index (χ3v) is 4.47. The molecule has 26 heavy (non-hydrogen) atoms. The number of imide groups is 1. The van der Waals surface area contributed by atoms with Gasteiger partial charge in [0.2, 0.25) is 5.91 Å². The largest absolute Gasteiger partial charge is 0.326 e. The standard InChI is InChI=1S/C20H17ClN2O3/c1-11-4-9-16(12(2)10-11)23-19(25)17(18(21)20(23)26)14-5-7-15(8-6-14)22-13(3)24/h4-10H,1-3H3,(H,22,24). The van der Waals surface area contributed by atoms with Crippen molar-refractivity contribution in [3.05, 3.63) is 64.2 Å². The van der Waals surface area contributed by atoms with Gasteiger partial charge in [-0.2, -0.15) is 0 Å². The normalized spacial score (nSPS) is 14.2. The number of hydrogen-bond donors (Lipinski definition) is 1. The molecular weight excluding hydrogens is 352 g/mol. The number of benzene rings is 2. The van der Waals surface area contributed by atoms with E-state index in [-0.39, 0.29) is 16.5 Å². The molecule has 1 aliphatic heterocycles. The maximum atomic E-state index is 12.9. The Balaban J connectivity index is 1.97. The average Bonchev–Trinajstić information content (AvgIpc) is 2.78. The number of halogens is 1. The molecule has 1 heterocycles. The molecule has 0 aliphatic carbocycles. The van der Waals surface area contributed by atoms with Crippen LogP contribution >= 0.6 is 11.6 Å². The van der Waals surface area contributed by atoms with Crippen molar-refractivity contribution in [3.8, 4) is 0 Å². The van der Waals surface area contributed by atoms with Gasteiger partial charge in [-0.05, 0) is 43.2 Å². The minimum absolute atomic E-state index is 0.109. The number of amides is 3. The Morgan fingerprint density at radius 1 is 1.00 bits per heavy atom. The van der Waals surface area contributed by atoms with Crippen LogP contribution in [-0.2, 0) is 14.4 Å². The number of carbonyl (C=O) groups is 3. The first kappa shape index (κ1) is 17.9. The Hall–Kier alpha value is -2.92. The van der Waals surface area contributed by atoms with E-state index in [0.29, 0.717) is 16.9 Å². The number of nitrogens with zero attached hydrogens (tertiary/aromatic N) is 1. The first-order valence-corrected chi connectivity index (χ1v) is 8.41. The smallest absolute Gasteiger partial charge is 0.277 e. The van der Waals surface area contributed by atoms with Crippen molar-refractivity contribution >= 4 is 46.3 Å². The number of hydrogen-bond acceptors (Lipinski definition) is 3. The molecule has 0 fully saturated rings. The predicted molar refractivity (Wildman–Crippen MR) is 102 cm³/mol. The second kappa shape index (κ2) is 6.77. The van der Waals surface area contributed by atoms with Crippen LogP contribution in [0.1, 0.15) is 23.6 Å². The molecule has 0 aromatic heterocycles. The molecule has 1 N–H and O–H groups in total. The van der Waals surface area contributed by atoms with E-state index < -0.39 is 11.8 Å². The summed E-state index contributed by atoms with van der Waals surface area (Å²) in [5.41, 5.74) is 3.66. The lowest BCUT2D eigenvalue weighted by Gasteiger charge is -2.18. The van der Waals surface area contributed by atoms with Crippen LogP contribution in [0, 0.1) is 13.8 Å². The van der Waals surface area contributed by atoms with Crippen molar-refractivity contribution in [1.29, 1.82) is 0 Å². The minimum atomic E-state index is -0.537. The van der Waals surface area contributed by atoms with Crippen LogP contribution in [-0.4, -0.2) is 17.7 Å². The Labute approximate surface area is 156 Å². The first-order valence-electron chi connectivity index (χ1n) is 8.03. The molecule has 0 saturated heterocycles. The number of anilines is 2. The fraction of sp³-hybridized carbons (Fsp3) is 0.150. The molecule has 1 aliphatic rings. The summed E-state index contributed by atoms with van der Waals surface area (Å²) in [7, 11) is 0. The van der Waals surface area contributed by atoms with Gasteiger partial charge in [-0.25, -0.2) is 4.90 Å². The van der Waals surface area contributed by atoms with Crippen molar-refractivity contribution in [2.45, 2.75) is 20.8 Å². The fourth-order valence-corrected chi connectivity index (χ4v) is 3.23. The van der Waals surface area contributed by atoms with E-state index in [1.807, 2.05) is 26.0 Å². The Kier molecular flexibility index (Phi) is 4.66. The second-order valence-corrected chi connectivity index (χ2v) is 6.56. The van der Waals surface area contributed by atoms with Crippen LogP contribution in [0.25, 0.3) is 5.57 Å². The highest BCUT2D eigenvalue weighted by Crippen LogP contribution is 2.36. The van der Waals surface area contributed by atoms with Crippen LogP contribution < -0.4 is 10.2 Å². The summed E-state index contributed by atoms with van der Waals surface area (Å²) in [5, 5.41) is 2.54. The van der Waals surface area contributed by atoms with Gasteiger partial charge in [0, 0.05) is 12.6 Å². The summed E-state index contributed by atoms with van der Waals surface area (Å²) in [6.45, 7) is 5.20. The molecule has 0 saturated carbocycles. The topological polar surface area (TPSA) is 66.5 Å². The Bertz CT molecular complexity index is 962. The molecule has 3 rings (SSSR count). The van der Waals surface area contributed by atoms with Gasteiger partial charge >= 0.3 is 0 Å². The van der Waals surface area contributed by atoms with Gasteiger partial charge in [0.05, 0.1) is 11.3 Å². The zero-order valence-electron chi connectivity index (χ0n) is 14.6. The summed E-state index contributed by atoms with van der Waals surface area (Å²) in [6, 6.07) is 12.1. The van der Waals surface area contributed by atoms with E-state index in [1.165, 1.54) is 6.92 Å². The van der Waals surface area contributed by atoms with E-state index in [0.717, 1.165) is 16.0 Å². The van der Waals surface area contributed by atoms with Gasteiger partial charge in [0.1, 0.15) is 5.03 Å². The first-order chi connectivity index (χ1) is 12.3. The summed E-state index contributed by atoms with van der Waals surface area (Å²) in [6.07, 6.45) is 0. The van der Waals surface area contributed by atoms with Gasteiger partial charge in [0.25, 0.3) is 11.8 Å². The third kappa shape index (κ3) is 3.13. The maximum absolute atomic E-state index is 12.9. The zero-order chi connectivity index (χ0) is 19.0. The van der Waals surface area contributed by atoms with E-state index in [2.05, 4.69) is 5.32 Å². The van der Waals surface area contributed by atoms with Crippen molar-refractivity contribution in [1.82, 2.24) is 0 Å². The highest BCUT2D eigenvalue weighted by molar-refractivity contribution is 6.60. The highest BCUT2D eigenvalue weighted by atomic mass is 35.5. The lowest BCUT2D eigenvalue weighted by atomic mass is 10.1. The summed E-state index contributed by atoms with van der Waals surface area (Å²) < 4.78 is 0. The zero-order valence-corrected chi connectivity index (χ0v) is 15.3. The number of nitrogens with one attached hydrogen (secondary N) is 1. The summed E-state index contributed by atoms with van der Waals surface area (Å²) in [5.74, 6) is -1.19. The monoisotopic (exact) mass is 368 g/mol. The average molecular weight is 369 g/mol. The third-order valence-electron chi connectivity index (χ3n) is 4.11. The molecule has 132 valence electrons. The van der Waals surface area contributed by atoms with Crippen LogP contribution in [0.5, 0.6) is 0 Å². The van der Waals surface area contributed by atoms with Crippen LogP contribution in [0.4, 0.5) is 11.4 Å². The highest BCUT2D eigenvalue weighted by Gasteiger charge is 2.39. The number of aryl methyl sites for hydroxylation is 2. The van der Waals surface area contributed by atoms with Crippen molar-refractivity contribution in [2.24, 2.45) is 0 Å². The summed E-state index contributed by atoms with van der Waals surface area (Å²) in [4.78, 5) is 37.7.